The summed E-state index contributed by atoms with van der Waals surface area (Å²) < 4.78 is 5.30. The van der Waals surface area contributed by atoms with Crippen LogP contribution in [0.15, 0.2) is 41.8 Å². The zero-order valence-corrected chi connectivity index (χ0v) is 20.3. The number of thiophene rings is 1. The molecule has 6 nitrogen and oxygen atoms in total. The normalized spacial score (nSPS) is 17.0. The second-order valence-corrected chi connectivity index (χ2v) is 9.87. The van der Waals surface area contributed by atoms with Crippen LogP contribution in [-0.4, -0.2) is 49.5 Å². The Kier molecular flexibility index (Phi) is 8.70. The first-order chi connectivity index (χ1) is 15.4. The minimum Gasteiger partial charge on any atom is -0.496 e. The Labute approximate surface area is 195 Å². The van der Waals surface area contributed by atoms with Crippen molar-refractivity contribution >= 4 is 23.2 Å². The van der Waals surface area contributed by atoms with Crippen LogP contribution in [0.5, 0.6) is 5.75 Å². The van der Waals surface area contributed by atoms with Gasteiger partial charge in [0, 0.05) is 11.4 Å². The number of carbonyl (C=O) groups is 2. The first-order valence-corrected chi connectivity index (χ1v) is 12.3. The third kappa shape index (κ3) is 6.11. The van der Waals surface area contributed by atoms with Crippen molar-refractivity contribution in [1.29, 1.82) is 0 Å². The van der Waals surface area contributed by atoms with Gasteiger partial charge in [0.25, 0.3) is 5.91 Å². The van der Waals surface area contributed by atoms with Gasteiger partial charge in [-0.25, -0.2) is 0 Å². The van der Waals surface area contributed by atoms with Gasteiger partial charge in [-0.2, -0.15) is 0 Å². The molecule has 1 saturated heterocycles. The van der Waals surface area contributed by atoms with E-state index in [9.17, 15) is 9.59 Å². The summed E-state index contributed by atoms with van der Waals surface area (Å²) >= 11 is 1.73. The zero-order valence-electron chi connectivity index (χ0n) is 19.5. The SMILES string of the molecule is COc1ccccc1C(=O)N[C@H](C(=O)NCC(c1cccs1)N1CCC(C)CC1)C(C)C. The third-order valence-corrected chi connectivity index (χ3v) is 7.16. The van der Waals surface area contributed by atoms with Gasteiger partial charge >= 0.3 is 0 Å². The number of nitrogens with zero attached hydrogens (tertiary/aromatic N) is 1. The number of rotatable bonds is 9. The summed E-state index contributed by atoms with van der Waals surface area (Å²) in [7, 11) is 1.53. The molecule has 7 heteroatoms. The van der Waals surface area contributed by atoms with Crippen LogP contribution in [0.25, 0.3) is 0 Å². The summed E-state index contributed by atoms with van der Waals surface area (Å²) in [5.41, 5.74) is 0.423. The van der Waals surface area contributed by atoms with E-state index in [-0.39, 0.29) is 23.8 Å². The van der Waals surface area contributed by atoms with E-state index in [2.05, 4.69) is 40.0 Å². The van der Waals surface area contributed by atoms with Crippen molar-refractivity contribution in [2.75, 3.05) is 26.7 Å². The van der Waals surface area contributed by atoms with Crippen LogP contribution in [0, 0.1) is 11.8 Å². The standard InChI is InChI=1S/C25H35N3O3S/c1-17(2)23(27-24(29)19-8-5-6-9-21(19)31-4)25(30)26-16-20(22-10-7-15-32-22)28-13-11-18(3)12-14-28/h5-10,15,17-18,20,23H,11-14,16H2,1-4H3,(H,26,30)(H,27,29)/t20?,23-/m0/s1. The second-order valence-electron chi connectivity index (χ2n) is 8.89. The van der Waals surface area contributed by atoms with E-state index in [1.54, 1.807) is 29.5 Å². The molecule has 1 unspecified atom stereocenters. The maximum Gasteiger partial charge on any atom is 0.255 e. The molecule has 0 spiro atoms. The minimum atomic E-state index is -0.627. The van der Waals surface area contributed by atoms with Gasteiger partial charge < -0.3 is 15.4 Å². The van der Waals surface area contributed by atoms with Crippen LogP contribution < -0.4 is 15.4 Å². The van der Waals surface area contributed by atoms with E-state index in [1.165, 1.54) is 24.8 Å². The topological polar surface area (TPSA) is 70.7 Å². The zero-order chi connectivity index (χ0) is 23.1. The van der Waals surface area contributed by atoms with Gasteiger partial charge in [-0.3, -0.25) is 14.5 Å². The molecule has 174 valence electrons. The highest BCUT2D eigenvalue weighted by atomic mass is 32.1. The molecule has 2 amide bonds. The van der Waals surface area contributed by atoms with Crippen LogP contribution in [0.3, 0.4) is 0 Å². The predicted molar refractivity (Wildman–Crippen MR) is 129 cm³/mol. The number of methoxy groups -OCH3 is 1. The van der Waals surface area contributed by atoms with Gasteiger partial charge in [-0.1, -0.05) is 39.0 Å². The minimum absolute atomic E-state index is 0.0512. The highest BCUT2D eigenvalue weighted by Gasteiger charge is 2.29. The summed E-state index contributed by atoms with van der Waals surface area (Å²) in [6.45, 7) is 8.79. The molecule has 1 aliphatic heterocycles. The molecule has 0 saturated carbocycles. The van der Waals surface area contributed by atoms with Crippen molar-refractivity contribution in [1.82, 2.24) is 15.5 Å². The number of carbonyl (C=O) groups excluding carboxylic acids is 2. The van der Waals surface area contributed by atoms with Crippen LogP contribution in [0.1, 0.15) is 54.9 Å². The van der Waals surface area contributed by atoms with Crippen molar-refractivity contribution in [3.05, 3.63) is 52.2 Å². The summed E-state index contributed by atoms with van der Waals surface area (Å²) in [5.74, 6) is 0.723. The number of para-hydroxylation sites is 1. The van der Waals surface area contributed by atoms with E-state index in [0.717, 1.165) is 19.0 Å². The predicted octanol–water partition coefficient (Wildman–Crippen LogP) is 4.10. The van der Waals surface area contributed by atoms with E-state index in [1.807, 2.05) is 19.9 Å². The Balaban J connectivity index is 1.67. The average Bonchev–Trinajstić information content (AvgIpc) is 3.32. The van der Waals surface area contributed by atoms with Crippen molar-refractivity contribution in [2.24, 2.45) is 11.8 Å². The smallest absolute Gasteiger partial charge is 0.255 e. The number of hydrogen-bond donors (Lipinski definition) is 2. The second kappa shape index (κ2) is 11.5. The lowest BCUT2D eigenvalue weighted by atomic mass is 9.97. The first kappa shape index (κ1) is 24.3. The molecule has 32 heavy (non-hydrogen) atoms. The molecule has 3 rings (SSSR count). The summed E-state index contributed by atoms with van der Waals surface area (Å²) in [4.78, 5) is 29.8. The Morgan fingerprint density at radius 1 is 1.16 bits per heavy atom. The molecule has 0 bridgehead atoms. The number of amides is 2. The van der Waals surface area contributed by atoms with Gasteiger partial charge in [-0.15, -0.1) is 11.3 Å². The Morgan fingerprint density at radius 3 is 2.50 bits per heavy atom. The molecule has 2 heterocycles. The molecule has 1 aromatic carbocycles. The fourth-order valence-electron chi connectivity index (χ4n) is 4.12. The maximum atomic E-state index is 13.1. The Hall–Kier alpha value is -2.38. The lowest BCUT2D eigenvalue weighted by Crippen LogP contribution is -2.51. The quantitative estimate of drug-likeness (QED) is 0.595. The number of nitrogens with one attached hydrogen (secondary N) is 2. The molecule has 0 aliphatic carbocycles. The van der Waals surface area contributed by atoms with Gasteiger partial charge in [-0.05, 0) is 61.3 Å². The number of piperidine rings is 1. The molecule has 1 fully saturated rings. The number of benzene rings is 1. The van der Waals surface area contributed by atoms with Crippen LogP contribution in [0.4, 0.5) is 0 Å². The van der Waals surface area contributed by atoms with Gasteiger partial charge in [0.05, 0.1) is 18.7 Å². The highest BCUT2D eigenvalue weighted by Crippen LogP contribution is 2.29. The van der Waals surface area contributed by atoms with Crippen molar-refractivity contribution < 1.29 is 14.3 Å². The monoisotopic (exact) mass is 457 g/mol. The van der Waals surface area contributed by atoms with E-state index >= 15 is 0 Å². The molecule has 2 N–H and O–H groups in total. The largest absolute Gasteiger partial charge is 0.496 e. The van der Waals surface area contributed by atoms with E-state index in [0.29, 0.717) is 17.9 Å². The lowest BCUT2D eigenvalue weighted by Gasteiger charge is -2.36. The molecular formula is C25H35N3O3S. The molecule has 0 radical (unpaired) electrons. The molecule has 1 aromatic heterocycles. The van der Waals surface area contributed by atoms with Crippen LogP contribution >= 0.6 is 11.3 Å². The van der Waals surface area contributed by atoms with Crippen LogP contribution in [0.2, 0.25) is 0 Å². The van der Waals surface area contributed by atoms with Crippen molar-refractivity contribution in [2.45, 2.75) is 45.7 Å². The molecule has 2 atom stereocenters. The van der Waals surface area contributed by atoms with E-state index in [4.69, 9.17) is 4.74 Å². The summed E-state index contributed by atoms with van der Waals surface area (Å²) in [6.07, 6.45) is 2.36. The van der Waals surface area contributed by atoms with Crippen LogP contribution in [-0.2, 0) is 4.79 Å². The van der Waals surface area contributed by atoms with Crippen molar-refractivity contribution in [3.63, 3.8) is 0 Å². The number of likely N-dealkylation sites (tertiary alicyclic amines) is 1. The van der Waals surface area contributed by atoms with Gasteiger partial charge in [0.2, 0.25) is 5.91 Å². The Bertz CT molecular complexity index is 876. The Morgan fingerprint density at radius 2 is 1.88 bits per heavy atom. The summed E-state index contributed by atoms with van der Waals surface area (Å²) in [5, 5.41) is 8.12. The van der Waals surface area contributed by atoms with Gasteiger partial charge in [0.1, 0.15) is 11.8 Å². The number of hydrogen-bond acceptors (Lipinski definition) is 5. The fourth-order valence-corrected chi connectivity index (χ4v) is 4.99. The fraction of sp³-hybridized carbons (Fsp3) is 0.520. The maximum absolute atomic E-state index is 13.1. The number of ether oxygens (including phenoxy) is 1. The first-order valence-electron chi connectivity index (χ1n) is 11.4. The highest BCUT2D eigenvalue weighted by molar-refractivity contribution is 7.10. The van der Waals surface area contributed by atoms with Gasteiger partial charge in [0.15, 0.2) is 0 Å². The summed E-state index contributed by atoms with van der Waals surface area (Å²) in [6, 6.07) is 10.8. The molecule has 2 aromatic rings. The van der Waals surface area contributed by atoms with E-state index < -0.39 is 6.04 Å². The average molecular weight is 458 g/mol. The third-order valence-electron chi connectivity index (χ3n) is 6.19. The van der Waals surface area contributed by atoms with Crippen molar-refractivity contribution in [3.8, 4) is 5.75 Å². The lowest BCUT2D eigenvalue weighted by molar-refractivity contribution is -0.124. The molecular weight excluding hydrogens is 422 g/mol. The molecule has 1 aliphatic rings.